The lowest BCUT2D eigenvalue weighted by Gasteiger charge is -2.34. The van der Waals surface area contributed by atoms with E-state index in [9.17, 15) is 18.0 Å². The lowest BCUT2D eigenvalue weighted by Crippen LogP contribution is -2.53. The van der Waals surface area contributed by atoms with E-state index >= 15 is 0 Å². The summed E-state index contributed by atoms with van der Waals surface area (Å²) >= 11 is 12.1. The van der Waals surface area contributed by atoms with Crippen LogP contribution in [0.4, 0.5) is 5.69 Å². The summed E-state index contributed by atoms with van der Waals surface area (Å²) in [6.07, 6.45) is 4.23. The van der Waals surface area contributed by atoms with Crippen LogP contribution in [0.2, 0.25) is 10.0 Å². The van der Waals surface area contributed by atoms with Gasteiger partial charge in [-0.15, -0.1) is 0 Å². The number of carbonyl (C=O) groups excluding carboxylic acids is 2. The van der Waals surface area contributed by atoms with Crippen molar-refractivity contribution < 1.29 is 22.7 Å². The van der Waals surface area contributed by atoms with Crippen LogP contribution in [0.25, 0.3) is 0 Å². The Labute approximate surface area is 264 Å². The third kappa shape index (κ3) is 8.22. The Morgan fingerprint density at radius 2 is 1.53 bits per heavy atom. The van der Waals surface area contributed by atoms with Gasteiger partial charge in [-0.2, -0.15) is 0 Å². The standard InChI is InChI=1S/C32H37Cl2N3O5S/c1-3-28(32(39)35-26-9-5-6-10-26)36(21-23-13-15-24(33)16-14-23)31(38)22-37(29-11-7-8-12-30(29)42-4-2)43(40,41)27-19-17-25(34)18-20-27/h7-8,11-20,26,28H,3-6,9-10,21-22H2,1-2H3,(H,35,39)/t28-/m1/s1. The fraction of sp³-hybridized carbons (Fsp3) is 0.375. The van der Waals surface area contributed by atoms with Crippen LogP contribution in [0.5, 0.6) is 5.75 Å². The van der Waals surface area contributed by atoms with E-state index in [1.54, 1.807) is 55.5 Å². The molecule has 0 heterocycles. The summed E-state index contributed by atoms with van der Waals surface area (Å²) in [6, 6.07) is 18.7. The lowest BCUT2D eigenvalue weighted by molar-refractivity contribution is -0.140. The van der Waals surface area contributed by atoms with E-state index in [4.69, 9.17) is 27.9 Å². The van der Waals surface area contributed by atoms with Gasteiger partial charge in [-0.1, -0.05) is 67.2 Å². The van der Waals surface area contributed by atoms with E-state index in [1.807, 2.05) is 6.92 Å². The summed E-state index contributed by atoms with van der Waals surface area (Å²) < 4.78 is 35.1. The Morgan fingerprint density at radius 3 is 2.14 bits per heavy atom. The number of halogens is 2. The lowest BCUT2D eigenvalue weighted by atomic mass is 10.1. The van der Waals surface area contributed by atoms with Gasteiger partial charge in [0.25, 0.3) is 10.0 Å². The Balaban J connectivity index is 1.75. The number of sulfonamides is 1. The quantitative estimate of drug-likeness (QED) is 0.230. The average Bonchev–Trinajstić information content (AvgIpc) is 3.50. The number of anilines is 1. The maximum atomic E-state index is 14.3. The molecule has 0 unspecified atom stereocenters. The molecular formula is C32H37Cl2N3O5S. The molecule has 43 heavy (non-hydrogen) atoms. The van der Waals surface area contributed by atoms with E-state index < -0.39 is 28.5 Å². The number of carbonyl (C=O) groups is 2. The van der Waals surface area contributed by atoms with Crippen molar-refractivity contribution in [2.24, 2.45) is 0 Å². The largest absolute Gasteiger partial charge is 0.492 e. The predicted octanol–water partition coefficient (Wildman–Crippen LogP) is 6.45. The molecule has 1 aliphatic rings. The van der Waals surface area contributed by atoms with Gasteiger partial charge in [-0.3, -0.25) is 13.9 Å². The van der Waals surface area contributed by atoms with Crippen LogP contribution < -0.4 is 14.4 Å². The smallest absolute Gasteiger partial charge is 0.264 e. The maximum absolute atomic E-state index is 14.3. The zero-order valence-corrected chi connectivity index (χ0v) is 26.7. The molecule has 11 heteroatoms. The van der Waals surface area contributed by atoms with Crippen molar-refractivity contribution in [2.75, 3.05) is 17.5 Å². The first kappa shape index (κ1) is 32.6. The summed E-state index contributed by atoms with van der Waals surface area (Å²) in [7, 11) is -4.26. The van der Waals surface area contributed by atoms with Crippen LogP contribution in [0.1, 0.15) is 51.5 Å². The van der Waals surface area contributed by atoms with Gasteiger partial charge in [0.15, 0.2) is 0 Å². The first-order valence-corrected chi connectivity index (χ1v) is 16.7. The van der Waals surface area contributed by atoms with Gasteiger partial charge >= 0.3 is 0 Å². The van der Waals surface area contributed by atoms with Gasteiger partial charge in [-0.05, 0) is 80.3 Å². The monoisotopic (exact) mass is 645 g/mol. The highest BCUT2D eigenvalue weighted by molar-refractivity contribution is 7.92. The van der Waals surface area contributed by atoms with Crippen molar-refractivity contribution in [1.82, 2.24) is 10.2 Å². The number of benzene rings is 3. The topological polar surface area (TPSA) is 96.0 Å². The minimum absolute atomic E-state index is 0.0359. The molecule has 0 aromatic heterocycles. The Kier molecular flexibility index (Phi) is 11.3. The summed E-state index contributed by atoms with van der Waals surface area (Å²) in [5, 5.41) is 4.04. The van der Waals surface area contributed by atoms with Crippen molar-refractivity contribution in [1.29, 1.82) is 0 Å². The molecule has 4 rings (SSSR count). The first-order valence-electron chi connectivity index (χ1n) is 14.5. The van der Waals surface area contributed by atoms with Crippen molar-refractivity contribution in [3.8, 4) is 5.75 Å². The molecule has 230 valence electrons. The van der Waals surface area contributed by atoms with Gasteiger partial charge < -0.3 is 15.0 Å². The van der Waals surface area contributed by atoms with Crippen molar-refractivity contribution in [2.45, 2.75) is 69.5 Å². The first-order chi connectivity index (χ1) is 20.6. The summed E-state index contributed by atoms with van der Waals surface area (Å²) in [5.41, 5.74) is 0.967. The summed E-state index contributed by atoms with van der Waals surface area (Å²) in [6.45, 7) is 3.46. The summed E-state index contributed by atoms with van der Waals surface area (Å²) in [4.78, 5) is 29.3. The molecule has 0 bridgehead atoms. The SMILES string of the molecule is CCOc1ccccc1N(CC(=O)N(Cc1ccc(Cl)cc1)[C@H](CC)C(=O)NC1CCCC1)S(=O)(=O)c1ccc(Cl)cc1. The number of ether oxygens (including phenoxy) is 1. The third-order valence-electron chi connectivity index (χ3n) is 7.47. The van der Waals surface area contributed by atoms with E-state index in [1.165, 1.54) is 29.2 Å². The number of hydrogen-bond donors (Lipinski definition) is 1. The van der Waals surface area contributed by atoms with Gasteiger partial charge in [0.1, 0.15) is 18.3 Å². The van der Waals surface area contributed by atoms with Crippen LogP contribution in [0, 0.1) is 0 Å². The van der Waals surface area contributed by atoms with Crippen LogP contribution in [-0.4, -0.2) is 50.4 Å². The summed E-state index contributed by atoms with van der Waals surface area (Å²) in [5.74, 6) is -0.476. The number of rotatable bonds is 13. The second-order valence-electron chi connectivity index (χ2n) is 10.4. The highest BCUT2D eigenvalue weighted by Crippen LogP contribution is 2.33. The molecule has 1 aliphatic carbocycles. The maximum Gasteiger partial charge on any atom is 0.264 e. The fourth-order valence-electron chi connectivity index (χ4n) is 5.26. The Bertz CT molecular complexity index is 1490. The van der Waals surface area contributed by atoms with E-state index in [-0.39, 0.29) is 29.1 Å². The van der Waals surface area contributed by atoms with Crippen molar-refractivity contribution in [3.63, 3.8) is 0 Å². The van der Waals surface area contributed by atoms with Gasteiger partial charge in [0.05, 0.1) is 17.2 Å². The van der Waals surface area contributed by atoms with Crippen LogP contribution in [0.3, 0.4) is 0 Å². The highest BCUT2D eigenvalue weighted by atomic mass is 35.5. The van der Waals surface area contributed by atoms with E-state index in [0.717, 1.165) is 35.6 Å². The molecule has 8 nitrogen and oxygen atoms in total. The van der Waals surface area contributed by atoms with Gasteiger partial charge in [0, 0.05) is 22.6 Å². The second-order valence-corrected chi connectivity index (χ2v) is 13.2. The molecule has 2 amide bonds. The number of amides is 2. The number of para-hydroxylation sites is 2. The molecule has 0 spiro atoms. The number of nitrogens with zero attached hydrogens (tertiary/aromatic N) is 2. The fourth-order valence-corrected chi connectivity index (χ4v) is 6.94. The zero-order chi connectivity index (χ0) is 31.0. The zero-order valence-electron chi connectivity index (χ0n) is 24.3. The van der Waals surface area contributed by atoms with Gasteiger partial charge in [0.2, 0.25) is 11.8 Å². The molecule has 1 fully saturated rings. The molecule has 1 atom stereocenters. The minimum Gasteiger partial charge on any atom is -0.492 e. The van der Waals surface area contributed by atoms with Crippen LogP contribution in [-0.2, 0) is 26.2 Å². The minimum atomic E-state index is -4.26. The molecule has 1 saturated carbocycles. The number of nitrogens with one attached hydrogen (secondary N) is 1. The molecule has 1 N–H and O–H groups in total. The molecule has 0 radical (unpaired) electrons. The molecule has 0 saturated heterocycles. The second kappa shape index (κ2) is 14.9. The predicted molar refractivity (Wildman–Crippen MR) is 170 cm³/mol. The third-order valence-corrected chi connectivity index (χ3v) is 9.75. The average molecular weight is 647 g/mol. The Hall–Kier alpha value is -3.27. The molecule has 3 aromatic carbocycles. The van der Waals surface area contributed by atoms with Crippen molar-refractivity contribution in [3.05, 3.63) is 88.4 Å². The normalized spacial score (nSPS) is 14.2. The van der Waals surface area contributed by atoms with Crippen molar-refractivity contribution >= 4 is 50.7 Å². The molecular weight excluding hydrogens is 609 g/mol. The van der Waals surface area contributed by atoms with E-state index in [0.29, 0.717) is 28.8 Å². The molecule has 3 aromatic rings. The van der Waals surface area contributed by atoms with Gasteiger partial charge in [-0.25, -0.2) is 8.42 Å². The van der Waals surface area contributed by atoms with E-state index in [2.05, 4.69) is 5.32 Å². The van der Waals surface area contributed by atoms with Crippen LogP contribution >= 0.6 is 23.2 Å². The van der Waals surface area contributed by atoms with Crippen LogP contribution in [0.15, 0.2) is 77.7 Å². The number of hydrogen-bond acceptors (Lipinski definition) is 5. The Morgan fingerprint density at radius 1 is 0.930 bits per heavy atom. The highest BCUT2D eigenvalue weighted by Gasteiger charge is 2.35. The molecule has 0 aliphatic heterocycles.